The highest BCUT2D eigenvalue weighted by Gasteiger charge is 2.49. The van der Waals surface area contributed by atoms with Gasteiger partial charge >= 0.3 is 0 Å². The molecular formula is C11H18O. The van der Waals surface area contributed by atoms with Crippen LogP contribution in [0.4, 0.5) is 0 Å². The topological polar surface area (TPSA) is 12.5 Å². The first kappa shape index (κ1) is 9.53. The van der Waals surface area contributed by atoms with Gasteiger partial charge in [-0.1, -0.05) is 17.7 Å². The largest absolute Gasteiger partial charge is 0.362 e. The second-order valence-electron chi connectivity index (χ2n) is 3.91. The van der Waals surface area contributed by atoms with Gasteiger partial charge in [0.25, 0.3) is 0 Å². The molecule has 1 rings (SSSR count). The van der Waals surface area contributed by atoms with E-state index in [1.54, 1.807) is 0 Å². The quantitative estimate of drug-likeness (QED) is 0.462. The molecule has 68 valence electrons. The minimum atomic E-state index is 0.0910. The summed E-state index contributed by atoms with van der Waals surface area (Å²) < 4.78 is 5.49. The summed E-state index contributed by atoms with van der Waals surface area (Å²) in [6, 6.07) is 0. The van der Waals surface area contributed by atoms with E-state index in [4.69, 9.17) is 4.74 Å². The fourth-order valence-corrected chi connectivity index (χ4v) is 1.40. The average molecular weight is 166 g/mol. The average Bonchev–Trinajstić information content (AvgIpc) is 2.61. The molecule has 0 spiro atoms. The van der Waals surface area contributed by atoms with Crippen LogP contribution in [0.25, 0.3) is 0 Å². The Balaban J connectivity index is 2.25. The Hall–Kier alpha value is -0.560. The maximum Gasteiger partial charge on any atom is 0.105 e. The first-order valence-corrected chi connectivity index (χ1v) is 4.52. The van der Waals surface area contributed by atoms with Gasteiger partial charge in [-0.05, 0) is 33.6 Å². The zero-order chi connectivity index (χ0) is 9.19. The molecule has 0 aromatic heterocycles. The Bertz CT molecular complexity index is 201. The third-order valence-electron chi connectivity index (χ3n) is 2.35. The lowest BCUT2D eigenvalue weighted by atomic mass is 10.0. The molecule has 0 radical (unpaired) electrons. The fraction of sp³-hybridized carbons (Fsp3) is 0.636. The predicted octanol–water partition coefficient (Wildman–Crippen LogP) is 3.08. The van der Waals surface area contributed by atoms with Gasteiger partial charge in [0.05, 0.1) is 5.60 Å². The van der Waals surface area contributed by atoms with Crippen LogP contribution in [0.15, 0.2) is 24.3 Å². The van der Waals surface area contributed by atoms with E-state index < -0.39 is 0 Å². The van der Waals surface area contributed by atoms with Gasteiger partial charge in [-0.2, -0.15) is 0 Å². The van der Waals surface area contributed by atoms with Crippen molar-refractivity contribution < 1.29 is 4.74 Å². The number of ether oxygens (including phenoxy) is 1. The van der Waals surface area contributed by atoms with E-state index in [2.05, 4.69) is 33.4 Å². The second kappa shape index (κ2) is 3.44. The molecule has 0 amide bonds. The third-order valence-corrected chi connectivity index (χ3v) is 2.35. The van der Waals surface area contributed by atoms with Crippen LogP contribution in [0, 0.1) is 0 Å². The molecule has 1 heterocycles. The van der Waals surface area contributed by atoms with Crippen molar-refractivity contribution in [3.8, 4) is 0 Å². The van der Waals surface area contributed by atoms with E-state index >= 15 is 0 Å². The number of rotatable bonds is 4. The second-order valence-corrected chi connectivity index (χ2v) is 3.91. The van der Waals surface area contributed by atoms with Crippen LogP contribution >= 0.6 is 0 Å². The van der Waals surface area contributed by atoms with Crippen LogP contribution in [0.3, 0.4) is 0 Å². The molecule has 0 bridgehead atoms. The summed E-state index contributed by atoms with van der Waals surface area (Å²) in [6.07, 6.45) is 6.66. The van der Waals surface area contributed by atoms with Crippen LogP contribution in [-0.2, 0) is 4.74 Å². The molecule has 0 N–H and O–H groups in total. The molecule has 1 saturated heterocycles. The molecule has 1 aliphatic rings. The van der Waals surface area contributed by atoms with Crippen molar-refractivity contribution in [2.45, 2.75) is 45.3 Å². The van der Waals surface area contributed by atoms with E-state index in [9.17, 15) is 0 Å². The van der Waals surface area contributed by atoms with E-state index in [1.165, 1.54) is 5.57 Å². The van der Waals surface area contributed by atoms with Crippen molar-refractivity contribution >= 4 is 0 Å². The van der Waals surface area contributed by atoms with Gasteiger partial charge in [-0.25, -0.2) is 0 Å². The van der Waals surface area contributed by atoms with Crippen LogP contribution in [0.1, 0.15) is 33.6 Å². The lowest BCUT2D eigenvalue weighted by Crippen LogP contribution is -2.07. The van der Waals surface area contributed by atoms with Gasteiger partial charge in [-0.3, -0.25) is 0 Å². The molecule has 0 aromatic carbocycles. The van der Waals surface area contributed by atoms with Crippen LogP contribution in [-0.4, -0.2) is 11.7 Å². The summed E-state index contributed by atoms with van der Waals surface area (Å²) in [5.41, 5.74) is 1.47. The molecule has 1 aliphatic heterocycles. The van der Waals surface area contributed by atoms with Crippen LogP contribution < -0.4 is 0 Å². The van der Waals surface area contributed by atoms with E-state index in [-0.39, 0.29) is 5.60 Å². The molecule has 2 atom stereocenters. The minimum absolute atomic E-state index is 0.0910. The highest BCUT2D eigenvalue weighted by molar-refractivity contribution is 5.09. The summed E-state index contributed by atoms with van der Waals surface area (Å²) in [5.74, 6) is 0. The molecule has 1 fully saturated rings. The predicted molar refractivity (Wildman–Crippen MR) is 52.1 cm³/mol. The number of hydrogen-bond donors (Lipinski definition) is 0. The first-order chi connectivity index (χ1) is 5.58. The molecule has 0 aliphatic carbocycles. The number of allylic oxidation sites excluding steroid dienone is 2. The highest BCUT2D eigenvalue weighted by atomic mass is 16.6. The number of hydrogen-bond acceptors (Lipinski definition) is 1. The van der Waals surface area contributed by atoms with Crippen LogP contribution in [0.5, 0.6) is 0 Å². The van der Waals surface area contributed by atoms with E-state index in [0.29, 0.717) is 6.10 Å². The smallest absolute Gasteiger partial charge is 0.105 e. The van der Waals surface area contributed by atoms with Gasteiger partial charge in [-0.15, -0.1) is 6.58 Å². The van der Waals surface area contributed by atoms with Crippen molar-refractivity contribution in [3.05, 3.63) is 24.3 Å². The maximum atomic E-state index is 5.49. The summed E-state index contributed by atoms with van der Waals surface area (Å²) in [6.45, 7) is 10.1. The Morgan fingerprint density at radius 1 is 1.58 bits per heavy atom. The Morgan fingerprint density at radius 2 is 2.25 bits per heavy atom. The fourth-order valence-electron chi connectivity index (χ4n) is 1.40. The van der Waals surface area contributed by atoms with E-state index in [0.717, 1.165) is 12.8 Å². The van der Waals surface area contributed by atoms with Crippen molar-refractivity contribution in [1.82, 2.24) is 0 Å². The molecule has 12 heavy (non-hydrogen) atoms. The molecule has 0 aromatic rings. The summed E-state index contributed by atoms with van der Waals surface area (Å²) in [7, 11) is 0. The maximum absolute atomic E-state index is 5.49. The Kier molecular flexibility index (Phi) is 2.73. The summed E-state index contributed by atoms with van der Waals surface area (Å²) >= 11 is 0. The first-order valence-electron chi connectivity index (χ1n) is 4.52. The monoisotopic (exact) mass is 166 g/mol. The van der Waals surface area contributed by atoms with E-state index in [1.807, 2.05) is 6.08 Å². The Labute approximate surface area is 75.1 Å². The lowest BCUT2D eigenvalue weighted by Gasteiger charge is -2.01. The standard InChI is InChI=1S/C11H18O/c1-5-10-11(4,12-10)8-6-7-9(2)3/h5,7,10H,1,6,8H2,2-4H3. The normalized spacial score (nSPS) is 32.8. The lowest BCUT2D eigenvalue weighted by molar-refractivity contribution is 0.304. The highest BCUT2D eigenvalue weighted by Crippen LogP contribution is 2.40. The minimum Gasteiger partial charge on any atom is -0.362 e. The molecule has 1 nitrogen and oxygen atoms in total. The van der Waals surface area contributed by atoms with Crippen molar-refractivity contribution in [2.75, 3.05) is 0 Å². The zero-order valence-corrected chi connectivity index (χ0v) is 8.26. The molecular weight excluding hydrogens is 148 g/mol. The Morgan fingerprint density at radius 3 is 2.67 bits per heavy atom. The molecule has 2 unspecified atom stereocenters. The molecule has 0 saturated carbocycles. The van der Waals surface area contributed by atoms with Crippen LogP contribution in [0.2, 0.25) is 0 Å². The van der Waals surface area contributed by atoms with Gasteiger partial charge in [0, 0.05) is 0 Å². The number of epoxide rings is 1. The summed E-state index contributed by atoms with van der Waals surface area (Å²) in [5, 5.41) is 0. The van der Waals surface area contributed by atoms with Gasteiger partial charge in [0.2, 0.25) is 0 Å². The SMILES string of the molecule is C=CC1OC1(C)CCC=C(C)C. The zero-order valence-electron chi connectivity index (χ0n) is 8.26. The van der Waals surface area contributed by atoms with Crippen molar-refractivity contribution in [1.29, 1.82) is 0 Å². The van der Waals surface area contributed by atoms with Gasteiger partial charge in [0.1, 0.15) is 6.10 Å². The van der Waals surface area contributed by atoms with Gasteiger partial charge < -0.3 is 4.74 Å². The third kappa shape index (κ3) is 2.21. The van der Waals surface area contributed by atoms with Crippen molar-refractivity contribution in [2.24, 2.45) is 0 Å². The molecule has 1 heteroatoms. The van der Waals surface area contributed by atoms with Gasteiger partial charge in [0.15, 0.2) is 0 Å². The van der Waals surface area contributed by atoms with Crippen molar-refractivity contribution in [3.63, 3.8) is 0 Å². The summed E-state index contributed by atoms with van der Waals surface area (Å²) in [4.78, 5) is 0.